The summed E-state index contributed by atoms with van der Waals surface area (Å²) in [5.41, 5.74) is 2.43. The highest BCUT2D eigenvalue weighted by Crippen LogP contribution is 2.31. The average molecular weight is 419 g/mol. The van der Waals surface area contributed by atoms with Crippen molar-refractivity contribution in [1.82, 2.24) is 4.98 Å². The largest absolute Gasteiger partial charge is 0.449 e. The molecule has 0 aliphatic heterocycles. The molecule has 0 atom stereocenters. The zero-order valence-electron chi connectivity index (χ0n) is 11.4. The number of fused-ring (bicyclic) bond motifs is 1. The van der Waals surface area contributed by atoms with Crippen molar-refractivity contribution in [3.8, 4) is 22.9 Å². The highest BCUT2D eigenvalue weighted by Gasteiger charge is 2.11. The first-order valence-electron chi connectivity index (χ1n) is 6.44. The van der Waals surface area contributed by atoms with E-state index in [4.69, 9.17) is 11.2 Å². The molecule has 0 spiro atoms. The molecule has 3 aromatic rings. The van der Waals surface area contributed by atoms with E-state index in [0.29, 0.717) is 5.56 Å². The van der Waals surface area contributed by atoms with Gasteiger partial charge < -0.3 is 4.74 Å². The van der Waals surface area contributed by atoms with Gasteiger partial charge in [-0.1, -0.05) is 18.1 Å². The number of terminal acetylenes is 1. The number of nitrogens with zero attached hydrogens (tertiary/aromatic N) is 1. The summed E-state index contributed by atoms with van der Waals surface area (Å²) in [5.74, 6) is 1.87. The second-order valence-corrected chi connectivity index (χ2v) is 6.77. The molecule has 5 heteroatoms. The Morgan fingerprint density at radius 2 is 2.18 bits per heavy atom. The second kappa shape index (κ2) is 6.46. The summed E-state index contributed by atoms with van der Waals surface area (Å²) in [6, 6.07) is 13.5. The number of ether oxygens (including phenoxy) is 1. The molecule has 0 radical (unpaired) electrons. The Bertz CT molecular complexity index is 895. The van der Waals surface area contributed by atoms with Gasteiger partial charge in [-0.3, -0.25) is 0 Å². The summed E-state index contributed by atoms with van der Waals surface area (Å²) in [4.78, 5) is 16.5. The van der Waals surface area contributed by atoms with E-state index in [1.54, 1.807) is 23.5 Å². The molecule has 0 N–H and O–H groups in total. The number of rotatable bonds is 3. The number of hydrogen-bond donors (Lipinski definition) is 0. The smallest absolute Gasteiger partial charge is 0.339 e. The molecule has 22 heavy (non-hydrogen) atoms. The van der Waals surface area contributed by atoms with Crippen molar-refractivity contribution in [2.75, 3.05) is 6.61 Å². The highest BCUT2D eigenvalue weighted by atomic mass is 127. The van der Waals surface area contributed by atoms with E-state index in [-0.39, 0.29) is 6.61 Å². The van der Waals surface area contributed by atoms with Crippen LogP contribution in [0.1, 0.15) is 10.4 Å². The maximum Gasteiger partial charge on any atom is 0.339 e. The number of carbonyl (C=O) groups excluding carboxylic acids is 1. The average Bonchev–Trinajstić information content (AvgIpc) is 2.95. The van der Waals surface area contributed by atoms with Crippen LogP contribution in [0.4, 0.5) is 0 Å². The second-order valence-electron chi connectivity index (χ2n) is 4.49. The van der Waals surface area contributed by atoms with Crippen molar-refractivity contribution in [2.45, 2.75) is 0 Å². The molecular weight excluding hydrogens is 409 g/mol. The van der Waals surface area contributed by atoms with E-state index in [1.807, 2.05) is 24.3 Å². The topological polar surface area (TPSA) is 39.2 Å². The number of halogens is 1. The summed E-state index contributed by atoms with van der Waals surface area (Å²) < 4.78 is 7.05. The van der Waals surface area contributed by atoms with Crippen LogP contribution in [0.2, 0.25) is 0 Å². The molecule has 0 unspecified atom stereocenters. The van der Waals surface area contributed by atoms with Gasteiger partial charge in [0.05, 0.1) is 15.8 Å². The monoisotopic (exact) mass is 419 g/mol. The van der Waals surface area contributed by atoms with Gasteiger partial charge in [0, 0.05) is 9.13 Å². The third kappa shape index (κ3) is 3.13. The lowest BCUT2D eigenvalue weighted by Gasteiger charge is -2.00. The van der Waals surface area contributed by atoms with E-state index in [2.05, 4.69) is 39.6 Å². The van der Waals surface area contributed by atoms with Crippen molar-refractivity contribution in [2.24, 2.45) is 0 Å². The maximum absolute atomic E-state index is 11.8. The summed E-state index contributed by atoms with van der Waals surface area (Å²) >= 11 is 3.83. The molecule has 0 saturated heterocycles. The van der Waals surface area contributed by atoms with E-state index in [0.717, 1.165) is 24.4 Å². The highest BCUT2D eigenvalue weighted by molar-refractivity contribution is 14.1. The lowest BCUT2D eigenvalue weighted by molar-refractivity contribution is 0.0557. The van der Waals surface area contributed by atoms with Crippen molar-refractivity contribution in [3.05, 3.63) is 51.6 Å². The van der Waals surface area contributed by atoms with Gasteiger partial charge in [0.2, 0.25) is 0 Å². The van der Waals surface area contributed by atoms with E-state index in [1.165, 1.54) is 0 Å². The molecule has 2 aromatic carbocycles. The number of benzene rings is 2. The first kappa shape index (κ1) is 15.0. The molecule has 0 saturated carbocycles. The van der Waals surface area contributed by atoms with Gasteiger partial charge in [0.15, 0.2) is 6.61 Å². The van der Waals surface area contributed by atoms with Gasteiger partial charge in [0.1, 0.15) is 5.01 Å². The summed E-state index contributed by atoms with van der Waals surface area (Å²) in [6.45, 7) is -0.0206. The van der Waals surface area contributed by atoms with Gasteiger partial charge in [0.25, 0.3) is 0 Å². The molecule has 1 aromatic heterocycles. The van der Waals surface area contributed by atoms with Crippen molar-refractivity contribution < 1.29 is 9.53 Å². The Hall–Kier alpha value is -1.91. The molecule has 0 amide bonds. The van der Waals surface area contributed by atoms with Gasteiger partial charge in [-0.2, -0.15) is 0 Å². The van der Waals surface area contributed by atoms with Crippen molar-refractivity contribution in [3.63, 3.8) is 0 Å². The summed E-state index contributed by atoms with van der Waals surface area (Å²) in [7, 11) is 0. The Kier molecular flexibility index (Phi) is 4.41. The van der Waals surface area contributed by atoms with Crippen LogP contribution >= 0.6 is 33.9 Å². The standard InChI is InChI=1S/C17H10INO2S/c1-2-8-21-17(20)12-6-7-14-15(10-12)22-16(19-14)11-4-3-5-13(18)9-11/h1,3-7,9-10H,8H2. The zero-order valence-corrected chi connectivity index (χ0v) is 14.3. The van der Waals surface area contributed by atoms with Crippen LogP contribution in [0, 0.1) is 15.9 Å². The Labute approximate surface area is 145 Å². The minimum Gasteiger partial charge on any atom is -0.449 e. The zero-order chi connectivity index (χ0) is 15.5. The van der Waals surface area contributed by atoms with Crippen LogP contribution in [0.3, 0.4) is 0 Å². The quantitative estimate of drug-likeness (QED) is 0.360. The summed E-state index contributed by atoms with van der Waals surface area (Å²) in [6.07, 6.45) is 5.09. The van der Waals surface area contributed by atoms with Crippen LogP contribution in [0.25, 0.3) is 20.8 Å². The number of thiazole rings is 1. The fraction of sp³-hybridized carbons (Fsp3) is 0.0588. The first-order chi connectivity index (χ1) is 10.7. The normalized spacial score (nSPS) is 10.4. The fourth-order valence-electron chi connectivity index (χ4n) is 1.99. The van der Waals surface area contributed by atoms with Crippen LogP contribution in [0.5, 0.6) is 0 Å². The predicted octanol–water partition coefficient (Wildman–Crippen LogP) is 4.36. The van der Waals surface area contributed by atoms with E-state index in [9.17, 15) is 4.79 Å². The molecule has 0 fully saturated rings. The fourth-order valence-corrected chi connectivity index (χ4v) is 3.53. The predicted molar refractivity (Wildman–Crippen MR) is 96.9 cm³/mol. The molecule has 0 aliphatic carbocycles. The Morgan fingerprint density at radius 1 is 1.32 bits per heavy atom. The first-order valence-corrected chi connectivity index (χ1v) is 8.34. The lowest BCUT2D eigenvalue weighted by atomic mass is 10.2. The third-order valence-electron chi connectivity index (χ3n) is 2.98. The minimum absolute atomic E-state index is 0.0206. The Balaban J connectivity index is 1.97. The van der Waals surface area contributed by atoms with Crippen molar-refractivity contribution >= 4 is 50.1 Å². The molecule has 3 rings (SSSR count). The molecule has 3 nitrogen and oxygen atoms in total. The maximum atomic E-state index is 11.8. The van der Waals surface area contributed by atoms with Crippen LogP contribution in [0.15, 0.2) is 42.5 Å². The van der Waals surface area contributed by atoms with Gasteiger partial charge in [-0.25, -0.2) is 9.78 Å². The van der Waals surface area contributed by atoms with Gasteiger partial charge in [-0.15, -0.1) is 17.8 Å². The SMILES string of the molecule is C#CCOC(=O)c1ccc2nc(-c3cccc(I)c3)sc2c1. The lowest BCUT2D eigenvalue weighted by Crippen LogP contribution is -2.04. The number of carbonyl (C=O) groups is 1. The molecule has 108 valence electrons. The Morgan fingerprint density at radius 3 is 2.95 bits per heavy atom. The van der Waals surface area contributed by atoms with Gasteiger partial charge >= 0.3 is 5.97 Å². The third-order valence-corrected chi connectivity index (χ3v) is 4.72. The summed E-state index contributed by atoms with van der Waals surface area (Å²) in [5, 5.41) is 0.933. The van der Waals surface area contributed by atoms with Crippen LogP contribution in [-0.4, -0.2) is 17.6 Å². The van der Waals surface area contributed by atoms with Gasteiger partial charge in [-0.05, 0) is 52.9 Å². The minimum atomic E-state index is -0.413. The number of hydrogen-bond acceptors (Lipinski definition) is 4. The van der Waals surface area contributed by atoms with E-state index >= 15 is 0 Å². The molecular formula is C17H10INO2S. The molecule has 1 heterocycles. The van der Waals surface area contributed by atoms with Crippen LogP contribution < -0.4 is 0 Å². The number of aromatic nitrogens is 1. The number of esters is 1. The molecule has 0 aliphatic rings. The van der Waals surface area contributed by atoms with E-state index < -0.39 is 5.97 Å². The molecule has 0 bridgehead atoms. The van der Waals surface area contributed by atoms with Crippen LogP contribution in [-0.2, 0) is 4.74 Å². The van der Waals surface area contributed by atoms with Crippen molar-refractivity contribution in [1.29, 1.82) is 0 Å².